The van der Waals surface area contributed by atoms with Gasteiger partial charge in [0.15, 0.2) is 0 Å². The van der Waals surface area contributed by atoms with E-state index in [2.05, 4.69) is 30.2 Å². The number of nitrogens with zero attached hydrogens (tertiary/aromatic N) is 1. The van der Waals surface area contributed by atoms with E-state index in [0.29, 0.717) is 5.82 Å². The van der Waals surface area contributed by atoms with Gasteiger partial charge in [0, 0.05) is 18.4 Å². The molecule has 0 radical (unpaired) electrons. The maximum atomic E-state index is 6.21. The summed E-state index contributed by atoms with van der Waals surface area (Å²) >= 11 is 0. The van der Waals surface area contributed by atoms with E-state index in [1.54, 1.807) is 6.20 Å². The molecule has 0 spiro atoms. The molecular weight excluding hydrogens is 250 g/mol. The van der Waals surface area contributed by atoms with Crippen molar-refractivity contribution < 1.29 is 4.74 Å². The molecule has 4 nitrogen and oxygen atoms in total. The summed E-state index contributed by atoms with van der Waals surface area (Å²) < 4.78 is 6.21. The highest BCUT2D eigenvalue weighted by molar-refractivity contribution is 5.42. The first-order valence-electron chi connectivity index (χ1n) is 7.81. The predicted octanol–water partition coefficient (Wildman–Crippen LogP) is 3.05. The van der Waals surface area contributed by atoms with Gasteiger partial charge in [0.05, 0.1) is 11.6 Å². The van der Waals surface area contributed by atoms with E-state index in [-0.39, 0.29) is 11.6 Å². The van der Waals surface area contributed by atoms with E-state index in [1.807, 2.05) is 6.07 Å². The molecule has 0 aromatic carbocycles. The molecule has 3 N–H and O–H groups in total. The molecule has 1 aromatic heterocycles. The summed E-state index contributed by atoms with van der Waals surface area (Å²) in [6.45, 7) is 5.96. The summed E-state index contributed by atoms with van der Waals surface area (Å²) in [5.41, 5.74) is 7.07. The zero-order chi connectivity index (χ0) is 14.4. The Morgan fingerprint density at radius 3 is 2.75 bits per heavy atom. The normalized spacial score (nSPS) is 19.1. The van der Waals surface area contributed by atoms with Crippen LogP contribution in [-0.2, 0) is 4.74 Å². The topological polar surface area (TPSA) is 60.2 Å². The summed E-state index contributed by atoms with van der Waals surface area (Å²) in [4.78, 5) is 4.25. The zero-order valence-corrected chi connectivity index (χ0v) is 12.7. The van der Waals surface area contributed by atoms with E-state index < -0.39 is 0 Å². The highest BCUT2D eigenvalue weighted by atomic mass is 16.5. The van der Waals surface area contributed by atoms with Crippen LogP contribution in [0.25, 0.3) is 0 Å². The Morgan fingerprint density at radius 1 is 1.40 bits per heavy atom. The first-order valence-corrected chi connectivity index (χ1v) is 7.81. The Bertz CT molecular complexity index is 416. The highest BCUT2D eigenvalue weighted by Crippen LogP contribution is 2.43. The van der Waals surface area contributed by atoms with E-state index in [0.717, 1.165) is 38.0 Å². The van der Waals surface area contributed by atoms with Crippen LogP contribution in [0.4, 0.5) is 5.82 Å². The maximum absolute atomic E-state index is 6.21. The molecular formula is C16H27N3O. The molecule has 2 rings (SSSR count). The summed E-state index contributed by atoms with van der Waals surface area (Å²) in [6, 6.07) is 4.17. The average Bonchev–Trinajstić information content (AvgIpc) is 2.91. The predicted molar refractivity (Wildman–Crippen MR) is 82.5 cm³/mol. The smallest absolute Gasteiger partial charge is 0.128 e. The highest BCUT2D eigenvalue weighted by Gasteiger charge is 2.43. The molecule has 0 amide bonds. The molecule has 1 saturated carbocycles. The number of hydrogen-bond donors (Lipinski definition) is 2. The lowest BCUT2D eigenvalue weighted by molar-refractivity contribution is -0.0625. The molecule has 1 heterocycles. The SMILES string of the molecule is CCCNC(c1cccnc1N)C1(OCC)CCCC1. The van der Waals surface area contributed by atoms with Crippen LogP contribution in [0.2, 0.25) is 0 Å². The van der Waals surface area contributed by atoms with Gasteiger partial charge in [0.2, 0.25) is 0 Å². The fraction of sp³-hybridized carbons (Fsp3) is 0.688. The van der Waals surface area contributed by atoms with Crippen molar-refractivity contribution in [2.24, 2.45) is 0 Å². The van der Waals surface area contributed by atoms with E-state index >= 15 is 0 Å². The van der Waals surface area contributed by atoms with Gasteiger partial charge in [-0.2, -0.15) is 0 Å². The van der Waals surface area contributed by atoms with Gasteiger partial charge in [-0.15, -0.1) is 0 Å². The molecule has 4 heteroatoms. The largest absolute Gasteiger partial charge is 0.383 e. The van der Waals surface area contributed by atoms with Crippen LogP contribution in [0.1, 0.15) is 57.6 Å². The van der Waals surface area contributed by atoms with Crippen molar-refractivity contribution in [3.8, 4) is 0 Å². The van der Waals surface area contributed by atoms with Gasteiger partial charge in [-0.05, 0) is 38.8 Å². The molecule has 0 bridgehead atoms. The fourth-order valence-electron chi connectivity index (χ4n) is 3.32. The third-order valence-corrected chi connectivity index (χ3v) is 4.19. The monoisotopic (exact) mass is 277 g/mol. The van der Waals surface area contributed by atoms with Crippen LogP contribution in [0.3, 0.4) is 0 Å². The van der Waals surface area contributed by atoms with E-state index in [9.17, 15) is 0 Å². The van der Waals surface area contributed by atoms with Gasteiger partial charge in [-0.3, -0.25) is 0 Å². The van der Waals surface area contributed by atoms with Gasteiger partial charge in [0.1, 0.15) is 5.82 Å². The lowest BCUT2D eigenvalue weighted by atomic mass is 9.86. The molecule has 1 unspecified atom stereocenters. The van der Waals surface area contributed by atoms with Crippen molar-refractivity contribution in [2.45, 2.75) is 57.6 Å². The summed E-state index contributed by atoms with van der Waals surface area (Å²) in [7, 11) is 0. The van der Waals surface area contributed by atoms with Gasteiger partial charge in [-0.25, -0.2) is 4.98 Å². The molecule has 20 heavy (non-hydrogen) atoms. The quantitative estimate of drug-likeness (QED) is 0.804. The summed E-state index contributed by atoms with van der Waals surface area (Å²) in [6.07, 6.45) is 7.48. The number of hydrogen-bond acceptors (Lipinski definition) is 4. The van der Waals surface area contributed by atoms with Crippen LogP contribution in [0, 0.1) is 0 Å². The van der Waals surface area contributed by atoms with Crippen LogP contribution < -0.4 is 11.1 Å². The number of aromatic nitrogens is 1. The van der Waals surface area contributed by atoms with E-state index in [4.69, 9.17) is 10.5 Å². The first kappa shape index (κ1) is 15.3. The number of nitrogens with one attached hydrogen (secondary N) is 1. The van der Waals surface area contributed by atoms with Gasteiger partial charge in [-0.1, -0.05) is 25.8 Å². The zero-order valence-electron chi connectivity index (χ0n) is 12.7. The van der Waals surface area contributed by atoms with Crippen molar-refractivity contribution in [3.63, 3.8) is 0 Å². The molecule has 1 atom stereocenters. The first-order chi connectivity index (χ1) is 9.73. The minimum absolute atomic E-state index is 0.124. The molecule has 1 aliphatic carbocycles. The van der Waals surface area contributed by atoms with Gasteiger partial charge >= 0.3 is 0 Å². The number of ether oxygens (including phenoxy) is 1. The van der Waals surface area contributed by atoms with Crippen molar-refractivity contribution in [1.29, 1.82) is 0 Å². The summed E-state index contributed by atoms with van der Waals surface area (Å²) in [5.74, 6) is 0.618. The molecule has 1 aromatic rings. The van der Waals surface area contributed by atoms with Crippen LogP contribution >= 0.6 is 0 Å². The maximum Gasteiger partial charge on any atom is 0.128 e. The lowest BCUT2D eigenvalue weighted by Crippen LogP contribution is -2.45. The number of anilines is 1. The molecule has 1 aliphatic rings. The van der Waals surface area contributed by atoms with Crippen molar-refractivity contribution in [3.05, 3.63) is 23.9 Å². The molecule has 0 aliphatic heterocycles. The van der Waals surface area contributed by atoms with Crippen molar-refractivity contribution in [2.75, 3.05) is 18.9 Å². The van der Waals surface area contributed by atoms with Gasteiger partial charge in [0.25, 0.3) is 0 Å². The number of pyridine rings is 1. The molecule has 0 saturated heterocycles. The summed E-state index contributed by atoms with van der Waals surface area (Å²) in [5, 5.41) is 3.65. The van der Waals surface area contributed by atoms with Gasteiger partial charge < -0.3 is 15.8 Å². The second-order valence-corrected chi connectivity index (χ2v) is 5.57. The Balaban J connectivity index is 2.33. The lowest BCUT2D eigenvalue weighted by Gasteiger charge is -2.38. The Morgan fingerprint density at radius 2 is 2.15 bits per heavy atom. The second kappa shape index (κ2) is 7.04. The Kier molecular flexibility index (Phi) is 5.38. The van der Waals surface area contributed by atoms with Crippen LogP contribution in [0.5, 0.6) is 0 Å². The van der Waals surface area contributed by atoms with Crippen molar-refractivity contribution >= 4 is 5.82 Å². The minimum Gasteiger partial charge on any atom is -0.383 e. The third kappa shape index (κ3) is 3.13. The Labute approximate surface area is 122 Å². The average molecular weight is 277 g/mol. The fourth-order valence-corrected chi connectivity index (χ4v) is 3.32. The second-order valence-electron chi connectivity index (χ2n) is 5.57. The Hall–Kier alpha value is -1.13. The number of rotatable bonds is 7. The van der Waals surface area contributed by atoms with Crippen LogP contribution in [-0.4, -0.2) is 23.7 Å². The molecule has 1 fully saturated rings. The molecule has 112 valence electrons. The minimum atomic E-state index is -0.124. The van der Waals surface area contributed by atoms with Crippen molar-refractivity contribution in [1.82, 2.24) is 10.3 Å². The third-order valence-electron chi connectivity index (χ3n) is 4.19. The number of nitrogens with two attached hydrogens (primary N) is 1. The van der Waals surface area contributed by atoms with Crippen LogP contribution in [0.15, 0.2) is 18.3 Å². The number of nitrogen functional groups attached to an aromatic ring is 1. The standard InChI is InChI=1S/C16H27N3O/c1-3-11-18-14(13-8-7-12-19-15(13)17)16(20-4-2)9-5-6-10-16/h7-8,12,14,18H,3-6,9-11H2,1-2H3,(H2,17,19). The van der Waals surface area contributed by atoms with E-state index in [1.165, 1.54) is 12.8 Å².